The van der Waals surface area contributed by atoms with Gasteiger partial charge in [0.05, 0.1) is 6.42 Å². The number of amides is 1. The Morgan fingerprint density at radius 1 is 1.25 bits per heavy atom. The number of hydrogen-bond donors (Lipinski definition) is 3. The number of aliphatic hydroxyl groups is 1. The van der Waals surface area contributed by atoms with Gasteiger partial charge in [0.2, 0.25) is 5.91 Å². The van der Waals surface area contributed by atoms with E-state index >= 15 is 0 Å². The SMILES string of the molecule is O=C(O)CCC(=O)NCCCO. The predicted molar refractivity (Wildman–Crippen MR) is 41.6 cm³/mol. The van der Waals surface area contributed by atoms with Gasteiger partial charge in [-0.3, -0.25) is 9.59 Å². The highest BCUT2D eigenvalue weighted by atomic mass is 16.4. The van der Waals surface area contributed by atoms with E-state index in [9.17, 15) is 9.59 Å². The summed E-state index contributed by atoms with van der Waals surface area (Å²) in [5.74, 6) is -1.27. The molecule has 0 rings (SSSR count). The summed E-state index contributed by atoms with van der Waals surface area (Å²) in [5.41, 5.74) is 0. The molecule has 0 atom stereocenters. The Balaban J connectivity index is 3.28. The second-order valence-corrected chi connectivity index (χ2v) is 2.32. The van der Waals surface area contributed by atoms with Crippen molar-refractivity contribution in [3.05, 3.63) is 0 Å². The summed E-state index contributed by atoms with van der Waals surface area (Å²) in [5, 5.41) is 19.0. The molecule has 0 radical (unpaired) electrons. The van der Waals surface area contributed by atoms with Crippen LogP contribution in [0.1, 0.15) is 19.3 Å². The Labute approximate surface area is 70.4 Å². The lowest BCUT2D eigenvalue weighted by Gasteiger charge is -2.01. The topological polar surface area (TPSA) is 86.6 Å². The van der Waals surface area contributed by atoms with Gasteiger partial charge in [-0.05, 0) is 6.42 Å². The number of carboxylic acid groups (broad SMARTS) is 1. The van der Waals surface area contributed by atoms with Crippen molar-refractivity contribution in [1.82, 2.24) is 5.32 Å². The normalized spacial score (nSPS) is 9.42. The summed E-state index contributed by atoms with van der Waals surface area (Å²) >= 11 is 0. The molecule has 0 aromatic carbocycles. The Morgan fingerprint density at radius 3 is 2.42 bits per heavy atom. The number of aliphatic hydroxyl groups excluding tert-OH is 1. The van der Waals surface area contributed by atoms with Crippen LogP contribution in [0, 0.1) is 0 Å². The maximum atomic E-state index is 10.8. The van der Waals surface area contributed by atoms with E-state index in [2.05, 4.69) is 5.32 Å². The van der Waals surface area contributed by atoms with Crippen LogP contribution in [0.15, 0.2) is 0 Å². The second kappa shape index (κ2) is 6.60. The van der Waals surface area contributed by atoms with E-state index in [0.29, 0.717) is 13.0 Å². The maximum Gasteiger partial charge on any atom is 0.303 e. The van der Waals surface area contributed by atoms with Gasteiger partial charge in [-0.1, -0.05) is 0 Å². The summed E-state index contributed by atoms with van der Waals surface area (Å²) in [6.07, 6.45) is 0.352. The molecule has 70 valence electrons. The van der Waals surface area contributed by atoms with Crippen molar-refractivity contribution in [2.45, 2.75) is 19.3 Å². The van der Waals surface area contributed by atoms with E-state index in [-0.39, 0.29) is 25.4 Å². The molecule has 0 aromatic rings. The average molecular weight is 175 g/mol. The number of carboxylic acids is 1. The fraction of sp³-hybridized carbons (Fsp3) is 0.714. The third-order valence-corrected chi connectivity index (χ3v) is 1.22. The summed E-state index contributed by atoms with van der Waals surface area (Å²) in [6, 6.07) is 0. The molecule has 0 fully saturated rings. The van der Waals surface area contributed by atoms with Crippen LogP contribution in [-0.2, 0) is 9.59 Å². The first-order valence-electron chi connectivity index (χ1n) is 3.76. The first-order valence-corrected chi connectivity index (χ1v) is 3.76. The number of nitrogens with one attached hydrogen (secondary N) is 1. The van der Waals surface area contributed by atoms with Gasteiger partial charge in [0.25, 0.3) is 0 Å². The predicted octanol–water partition coefficient (Wildman–Crippen LogP) is -0.650. The minimum atomic E-state index is -0.979. The minimum Gasteiger partial charge on any atom is -0.481 e. The standard InChI is InChI=1S/C7H13NO4/c9-5-1-4-8-6(10)2-3-7(11)12/h9H,1-5H2,(H,8,10)(H,11,12). The van der Waals surface area contributed by atoms with Gasteiger partial charge in [-0.2, -0.15) is 0 Å². The quantitative estimate of drug-likeness (QED) is 0.468. The van der Waals surface area contributed by atoms with Crippen LogP contribution in [-0.4, -0.2) is 35.2 Å². The van der Waals surface area contributed by atoms with Gasteiger partial charge in [0.1, 0.15) is 0 Å². The minimum absolute atomic E-state index is 0.000756. The van der Waals surface area contributed by atoms with Gasteiger partial charge in [0.15, 0.2) is 0 Å². The summed E-state index contributed by atoms with van der Waals surface area (Å²) < 4.78 is 0. The Bertz CT molecular complexity index is 157. The molecule has 0 heterocycles. The van der Waals surface area contributed by atoms with Gasteiger partial charge in [-0.25, -0.2) is 0 Å². The van der Waals surface area contributed by atoms with E-state index < -0.39 is 5.97 Å². The lowest BCUT2D eigenvalue weighted by Crippen LogP contribution is -2.25. The lowest BCUT2D eigenvalue weighted by molar-refractivity contribution is -0.138. The van der Waals surface area contributed by atoms with Gasteiger partial charge in [-0.15, -0.1) is 0 Å². The number of carbonyl (C=O) groups excluding carboxylic acids is 1. The molecule has 12 heavy (non-hydrogen) atoms. The number of aliphatic carboxylic acids is 1. The Kier molecular flexibility index (Phi) is 6.00. The van der Waals surface area contributed by atoms with Crippen molar-refractivity contribution >= 4 is 11.9 Å². The summed E-state index contributed by atoms with van der Waals surface area (Å²) in [7, 11) is 0. The zero-order chi connectivity index (χ0) is 9.40. The lowest BCUT2D eigenvalue weighted by atomic mass is 10.3. The highest BCUT2D eigenvalue weighted by Crippen LogP contribution is 1.88. The first-order chi connectivity index (χ1) is 5.66. The van der Waals surface area contributed by atoms with Crippen LogP contribution < -0.4 is 5.32 Å². The van der Waals surface area contributed by atoms with E-state index in [0.717, 1.165) is 0 Å². The van der Waals surface area contributed by atoms with Crippen molar-refractivity contribution in [3.63, 3.8) is 0 Å². The van der Waals surface area contributed by atoms with Crippen LogP contribution >= 0.6 is 0 Å². The Morgan fingerprint density at radius 2 is 1.92 bits per heavy atom. The zero-order valence-corrected chi connectivity index (χ0v) is 6.75. The van der Waals surface area contributed by atoms with Gasteiger partial charge < -0.3 is 15.5 Å². The fourth-order valence-corrected chi connectivity index (χ4v) is 0.616. The second-order valence-electron chi connectivity index (χ2n) is 2.32. The molecule has 1 amide bonds. The molecule has 0 spiro atoms. The molecular weight excluding hydrogens is 162 g/mol. The number of rotatable bonds is 6. The average Bonchev–Trinajstić information content (AvgIpc) is 2.01. The highest BCUT2D eigenvalue weighted by molar-refractivity contribution is 5.80. The van der Waals surface area contributed by atoms with E-state index in [1.54, 1.807) is 0 Å². The fourth-order valence-electron chi connectivity index (χ4n) is 0.616. The van der Waals surface area contributed by atoms with Crippen LogP contribution in [0.25, 0.3) is 0 Å². The molecule has 0 aliphatic carbocycles. The molecule has 3 N–H and O–H groups in total. The maximum absolute atomic E-state index is 10.8. The molecule has 5 heteroatoms. The first kappa shape index (κ1) is 10.9. The molecule has 0 aliphatic rings. The van der Waals surface area contributed by atoms with Gasteiger partial charge >= 0.3 is 5.97 Å². The van der Waals surface area contributed by atoms with Crippen LogP contribution in [0.2, 0.25) is 0 Å². The molecule has 0 unspecified atom stereocenters. The van der Waals surface area contributed by atoms with Crippen LogP contribution in [0.5, 0.6) is 0 Å². The van der Waals surface area contributed by atoms with Crippen molar-refractivity contribution in [2.75, 3.05) is 13.2 Å². The van der Waals surface area contributed by atoms with Crippen molar-refractivity contribution < 1.29 is 19.8 Å². The number of carbonyl (C=O) groups is 2. The highest BCUT2D eigenvalue weighted by Gasteiger charge is 2.03. The van der Waals surface area contributed by atoms with Crippen molar-refractivity contribution in [3.8, 4) is 0 Å². The number of hydrogen-bond acceptors (Lipinski definition) is 3. The molecule has 0 saturated carbocycles. The van der Waals surface area contributed by atoms with Crippen molar-refractivity contribution in [1.29, 1.82) is 0 Å². The van der Waals surface area contributed by atoms with E-state index in [4.69, 9.17) is 10.2 Å². The molecular formula is C7H13NO4. The molecule has 0 bridgehead atoms. The summed E-state index contributed by atoms with van der Waals surface area (Å²) in [4.78, 5) is 20.8. The van der Waals surface area contributed by atoms with Gasteiger partial charge in [0, 0.05) is 19.6 Å². The van der Waals surface area contributed by atoms with E-state index in [1.165, 1.54) is 0 Å². The molecule has 0 aromatic heterocycles. The molecule has 0 saturated heterocycles. The van der Waals surface area contributed by atoms with E-state index in [1.807, 2.05) is 0 Å². The zero-order valence-electron chi connectivity index (χ0n) is 6.75. The van der Waals surface area contributed by atoms with Crippen molar-refractivity contribution in [2.24, 2.45) is 0 Å². The third kappa shape index (κ3) is 7.01. The van der Waals surface area contributed by atoms with Crippen LogP contribution in [0.4, 0.5) is 0 Å². The van der Waals surface area contributed by atoms with Crippen LogP contribution in [0.3, 0.4) is 0 Å². The molecule has 0 aliphatic heterocycles. The smallest absolute Gasteiger partial charge is 0.303 e. The molecule has 5 nitrogen and oxygen atoms in total. The largest absolute Gasteiger partial charge is 0.481 e. The third-order valence-electron chi connectivity index (χ3n) is 1.22. The Hall–Kier alpha value is -1.10. The summed E-state index contributed by atoms with van der Waals surface area (Å²) in [6.45, 7) is 0.425. The monoisotopic (exact) mass is 175 g/mol.